The molecule has 0 aliphatic carbocycles. The van der Waals surface area contributed by atoms with Crippen LogP contribution in [0.3, 0.4) is 0 Å². The molecule has 1 saturated heterocycles. The van der Waals surface area contributed by atoms with Crippen LogP contribution in [0.1, 0.15) is 11.3 Å². The van der Waals surface area contributed by atoms with Gasteiger partial charge < -0.3 is 15.0 Å². The Balaban J connectivity index is 1.51. The lowest BCUT2D eigenvalue weighted by Crippen LogP contribution is -2.46. The van der Waals surface area contributed by atoms with E-state index in [0.29, 0.717) is 32.7 Å². The van der Waals surface area contributed by atoms with Gasteiger partial charge in [-0.1, -0.05) is 12.1 Å². The second-order valence-electron chi connectivity index (χ2n) is 7.93. The Labute approximate surface area is 202 Å². The van der Waals surface area contributed by atoms with Crippen LogP contribution in [0.25, 0.3) is 0 Å². The molecule has 0 bridgehead atoms. The van der Waals surface area contributed by atoms with Gasteiger partial charge in [0.05, 0.1) is 11.3 Å². The maximum atomic E-state index is 13.0. The Morgan fingerprint density at radius 3 is 2.33 bits per heavy atom. The van der Waals surface area contributed by atoms with Crippen LogP contribution in [0.2, 0.25) is 0 Å². The fourth-order valence-corrected chi connectivity index (χ4v) is 3.48. The molecule has 1 fully saturated rings. The molecule has 0 atom stereocenters. The average Bonchev–Trinajstić information content (AvgIpc) is 2.83. The maximum Gasteiger partial charge on any atom is 0.422 e. The van der Waals surface area contributed by atoms with Crippen molar-refractivity contribution in [1.29, 1.82) is 0 Å². The number of nitrogens with zero attached hydrogens (tertiary/aromatic N) is 6. The Morgan fingerprint density at radius 1 is 0.889 bits per heavy atom. The van der Waals surface area contributed by atoms with Gasteiger partial charge in [-0.3, -0.25) is 9.88 Å². The van der Waals surface area contributed by atoms with Crippen molar-refractivity contribution in [2.24, 2.45) is 0 Å². The number of nitrogens with one attached hydrogen (secondary N) is 1. The largest absolute Gasteiger partial charge is 0.454 e. The number of hydrogen-bond donors (Lipinski definition) is 1. The molecule has 0 amide bonds. The number of ether oxygens (including phenoxy) is 1. The molecule has 14 heteroatoms. The van der Waals surface area contributed by atoms with Gasteiger partial charge in [0.25, 0.3) is 0 Å². The molecular weight excluding hydrogens is 492 g/mol. The molecule has 1 N–H and O–H groups in total. The van der Waals surface area contributed by atoms with Gasteiger partial charge in [-0.05, 0) is 30.3 Å². The SMILES string of the molecule is FC(F)(F)COc1nc(Nc2cccc(C(F)(F)F)c2)nc(N2CCN(Cc3ccccn3)CC2)n1. The second kappa shape index (κ2) is 10.5. The third-order valence-corrected chi connectivity index (χ3v) is 5.18. The molecule has 0 spiro atoms. The van der Waals surface area contributed by atoms with Crippen LogP contribution in [0.5, 0.6) is 6.01 Å². The highest BCUT2D eigenvalue weighted by molar-refractivity contribution is 5.56. The van der Waals surface area contributed by atoms with Crippen molar-refractivity contribution in [1.82, 2.24) is 24.8 Å². The van der Waals surface area contributed by atoms with Crippen LogP contribution in [0.4, 0.5) is 43.9 Å². The normalized spacial score (nSPS) is 15.1. The second-order valence-corrected chi connectivity index (χ2v) is 7.93. The summed E-state index contributed by atoms with van der Waals surface area (Å²) in [6.07, 6.45) is -7.49. The number of benzene rings is 1. The number of hydrogen-bond acceptors (Lipinski definition) is 8. The topological polar surface area (TPSA) is 79.3 Å². The number of anilines is 3. The minimum Gasteiger partial charge on any atom is -0.454 e. The molecule has 0 radical (unpaired) electrons. The minimum atomic E-state index is -4.63. The van der Waals surface area contributed by atoms with Gasteiger partial charge in [0, 0.05) is 44.6 Å². The summed E-state index contributed by atoms with van der Waals surface area (Å²) in [6.45, 7) is 1.14. The molecular formula is C22H21F6N7O. The lowest BCUT2D eigenvalue weighted by molar-refractivity contribution is -0.154. The van der Waals surface area contributed by atoms with E-state index < -0.39 is 30.5 Å². The third kappa shape index (κ3) is 7.16. The Hall–Kier alpha value is -3.68. The number of aromatic nitrogens is 4. The number of alkyl halides is 6. The van der Waals surface area contributed by atoms with Crippen molar-refractivity contribution in [3.8, 4) is 6.01 Å². The zero-order chi connectivity index (χ0) is 25.8. The highest BCUT2D eigenvalue weighted by Crippen LogP contribution is 2.31. The molecule has 3 aromatic rings. The number of rotatable bonds is 7. The Kier molecular flexibility index (Phi) is 7.43. The van der Waals surface area contributed by atoms with Crippen molar-refractivity contribution >= 4 is 17.6 Å². The van der Waals surface area contributed by atoms with Gasteiger partial charge in [0.1, 0.15) is 0 Å². The predicted octanol–water partition coefficient (Wildman–Crippen LogP) is 4.29. The van der Waals surface area contributed by atoms with Crippen molar-refractivity contribution in [2.45, 2.75) is 18.9 Å². The van der Waals surface area contributed by atoms with E-state index in [1.165, 1.54) is 12.1 Å². The standard InChI is InChI=1S/C22H21F6N7O/c23-21(24,25)14-36-20-32-18(30-16-6-3-4-15(12-16)22(26,27)28)31-19(33-20)35-10-8-34(9-11-35)13-17-5-1-2-7-29-17/h1-7,12H,8-11,13-14H2,(H,30,31,32,33). The third-order valence-electron chi connectivity index (χ3n) is 5.18. The monoisotopic (exact) mass is 513 g/mol. The number of halogens is 6. The maximum absolute atomic E-state index is 13.0. The molecule has 3 heterocycles. The lowest BCUT2D eigenvalue weighted by atomic mass is 10.2. The van der Waals surface area contributed by atoms with E-state index in [9.17, 15) is 26.3 Å². The summed E-state index contributed by atoms with van der Waals surface area (Å²) in [5.74, 6) is -0.193. The summed E-state index contributed by atoms with van der Waals surface area (Å²) in [5.41, 5.74) is 0.00444. The first kappa shape index (κ1) is 25.4. The highest BCUT2D eigenvalue weighted by Gasteiger charge is 2.31. The molecule has 192 valence electrons. The van der Waals surface area contributed by atoms with Crippen LogP contribution in [-0.4, -0.2) is 63.8 Å². The first-order valence-electron chi connectivity index (χ1n) is 10.8. The van der Waals surface area contributed by atoms with Crippen LogP contribution in [0.15, 0.2) is 48.7 Å². The molecule has 8 nitrogen and oxygen atoms in total. The molecule has 1 aromatic carbocycles. The molecule has 0 unspecified atom stereocenters. The van der Waals surface area contributed by atoms with Crippen molar-refractivity contribution in [3.63, 3.8) is 0 Å². The van der Waals surface area contributed by atoms with Gasteiger partial charge in [0.15, 0.2) is 6.61 Å². The van der Waals surface area contributed by atoms with Crippen LogP contribution in [-0.2, 0) is 12.7 Å². The highest BCUT2D eigenvalue weighted by atomic mass is 19.4. The van der Waals surface area contributed by atoms with Crippen LogP contribution in [0, 0.1) is 0 Å². The van der Waals surface area contributed by atoms with Gasteiger partial charge >= 0.3 is 18.4 Å². The molecule has 1 aliphatic heterocycles. The number of piperazine rings is 1. The minimum absolute atomic E-state index is 0.00364. The summed E-state index contributed by atoms with van der Waals surface area (Å²) in [7, 11) is 0. The van der Waals surface area contributed by atoms with Gasteiger partial charge in [-0.25, -0.2) is 0 Å². The first-order chi connectivity index (χ1) is 17.0. The molecule has 1 aliphatic rings. The smallest absolute Gasteiger partial charge is 0.422 e. The average molecular weight is 513 g/mol. The fraction of sp³-hybridized carbons (Fsp3) is 0.364. The van der Waals surface area contributed by atoms with E-state index in [1.807, 2.05) is 18.2 Å². The van der Waals surface area contributed by atoms with Gasteiger partial charge in [0.2, 0.25) is 11.9 Å². The van der Waals surface area contributed by atoms with E-state index in [4.69, 9.17) is 4.74 Å². The Morgan fingerprint density at radius 2 is 1.67 bits per heavy atom. The quantitative estimate of drug-likeness (QED) is 0.469. The number of pyridine rings is 1. The zero-order valence-electron chi connectivity index (χ0n) is 18.7. The van der Waals surface area contributed by atoms with Crippen LogP contribution < -0.4 is 15.0 Å². The molecule has 36 heavy (non-hydrogen) atoms. The summed E-state index contributed by atoms with van der Waals surface area (Å²) in [6, 6.07) is 9.32. The summed E-state index contributed by atoms with van der Waals surface area (Å²) in [5, 5.41) is 2.61. The zero-order valence-corrected chi connectivity index (χ0v) is 18.7. The first-order valence-corrected chi connectivity index (χ1v) is 10.8. The summed E-state index contributed by atoms with van der Waals surface area (Å²) in [4.78, 5) is 20.2. The van der Waals surface area contributed by atoms with Crippen LogP contribution >= 0.6 is 0 Å². The Bertz CT molecular complexity index is 1150. The van der Waals surface area contributed by atoms with E-state index in [-0.39, 0.29) is 17.6 Å². The van der Waals surface area contributed by atoms with E-state index in [2.05, 4.69) is 30.2 Å². The summed E-state index contributed by atoms with van der Waals surface area (Å²) < 4.78 is 81.9. The predicted molar refractivity (Wildman–Crippen MR) is 118 cm³/mol. The van der Waals surface area contributed by atoms with Gasteiger partial charge in [-0.2, -0.15) is 41.3 Å². The summed E-state index contributed by atoms with van der Waals surface area (Å²) >= 11 is 0. The van der Waals surface area contributed by atoms with E-state index in [0.717, 1.165) is 17.8 Å². The van der Waals surface area contributed by atoms with Crippen molar-refractivity contribution in [3.05, 3.63) is 59.9 Å². The lowest BCUT2D eigenvalue weighted by Gasteiger charge is -2.34. The molecule has 0 saturated carbocycles. The molecule has 4 rings (SSSR count). The van der Waals surface area contributed by atoms with Crippen molar-refractivity contribution < 1.29 is 31.1 Å². The molecule has 2 aromatic heterocycles. The van der Waals surface area contributed by atoms with Gasteiger partial charge in [-0.15, -0.1) is 0 Å². The van der Waals surface area contributed by atoms with E-state index >= 15 is 0 Å². The van der Waals surface area contributed by atoms with E-state index in [1.54, 1.807) is 11.1 Å². The van der Waals surface area contributed by atoms with Crippen molar-refractivity contribution in [2.75, 3.05) is 43.0 Å². The fourth-order valence-electron chi connectivity index (χ4n) is 3.48.